The van der Waals surface area contributed by atoms with Gasteiger partial charge in [-0.05, 0) is 25.2 Å². The van der Waals surface area contributed by atoms with Gasteiger partial charge < -0.3 is 15.3 Å². The van der Waals surface area contributed by atoms with Crippen molar-refractivity contribution in [3.05, 3.63) is 28.7 Å². The summed E-state index contributed by atoms with van der Waals surface area (Å²) >= 11 is 0. The largest absolute Gasteiger partial charge is 0.472 e. The summed E-state index contributed by atoms with van der Waals surface area (Å²) in [4.78, 5) is 27.4. The molecule has 1 unspecified atom stereocenters. The first-order valence-electron chi connectivity index (χ1n) is 9.06. The molecule has 0 saturated heterocycles. The normalized spacial score (nSPS) is 17.3. The molecule has 30 heavy (non-hydrogen) atoms. The predicted octanol–water partition coefficient (Wildman–Crippen LogP) is 3.30. The minimum absolute atomic E-state index is 0. The molecule has 0 saturated carbocycles. The van der Waals surface area contributed by atoms with Gasteiger partial charge in [0.05, 0.1) is 0 Å². The Morgan fingerprint density at radius 1 is 0.833 bits per heavy atom. The maximum Gasteiger partial charge on any atom is 0.381 e. The Kier molecular flexibility index (Phi) is 15.7. The number of rotatable bonds is 0. The molecule has 0 aliphatic heterocycles. The first kappa shape index (κ1) is 29.4. The number of allylic oxidation sites excluding steroid dienone is 4. The number of aliphatic carboxylic acids is 3. The van der Waals surface area contributed by atoms with E-state index in [1.54, 1.807) is 22.3 Å². The summed E-state index contributed by atoms with van der Waals surface area (Å²) in [7, 11) is 0. The van der Waals surface area contributed by atoms with Crippen molar-refractivity contribution in [2.24, 2.45) is 5.92 Å². The summed E-state index contributed by atoms with van der Waals surface area (Å²) in [6, 6.07) is 0. The van der Waals surface area contributed by atoms with Crippen molar-refractivity contribution in [1.82, 2.24) is 0 Å². The van der Waals surface area contributed by atoms with E-state index in [0.29, 0.717) is 0 Å². The first-order chi connectivity index (χ1) is 13.7. The second-order valence-corrected chi connectivity index (χ2v) is 6.31. The molecule has 0 bridgehead atoms. The van der Waals surface area contributed by atoms with Crippen LogP contribution in [0.1, 0.15) is 51.9 Å². The number of fused-ring (bicyclic) bond motifs is 1. The van der Waals surface area contributed by atoms with Crippen LogP contribution in [0.2, 0.25) is 0 Å². The minimum atomic E-state index is -1.22. The molecule has 0 fully saturated rings. The van der Waals surface area contributed by atoms with Gasteiger partial charge in [-0.2, -0.15) is 5.57 Å². The van der Waals surface area contributed by atoms with Gasteiger partial charge in [-0.3, -0.25) is 0 Å². The fourth-order valence-electron chi connectivity index (χ4n) is 3.51. The topological polar surface area (TPSA) is 112 Å². The van der Waals surface area contributed by atoms with Gasteiger partial charge in [0.15, 0.2) is 0 Å². The summed E-state index contributed by atoms with van der Waals surface area (Å²) in [5.74, 6) is 1.46. The van der Waals surface area contributed by atoms with Crippen molar-refractivity contribution in [3.8, 4) is 37.0 Å². The summed E-state index contributed by atoms with van der Waals surface area (Å²) in [5, 5.41) is 22.5. The monoisotopic (exact) mass is 445 g/mol. The molecule has 1 atom stereocenters. The van der Waals surface area contributed by atoms with Gasteiger partial charge in [-0.1, -0.05) is 31.8 Å². The van der Waals surface area contributed by atoms with Crippen molar-refractivity contribution < 1.29 is 51.4 Å². The summed E-state index contributed by atoms with van der Waals surface area (Å²) in [5.41, 5.74) is 7.07. The van der Waals surface area contributed by atoms with Gasteiger partial charge in [-0.15, -0.1) is 31.3 Å². The van der Waals surface area contributed by atoms with E-state index >= 15 is 0 Å². The second kappa shape index (κ2) is 16.0. The van der Waals surface area contributed by atoms with Crippen LogP contribution in [0.5, 0.6) is 0 Å². The van der Waals surface area contributed by atoms with E-state index in [1.165, 1.54) is 62.7 Å². The first-order valence-corrected chi connectivity index (χ1v) is 9.06. The van der Waals surface area contributed by atoms with Gasteiger partial charge in [0.2, 0.25) is 0 Å². The van der Waals surface area contributed by atoms with Crippen molar-refractivity contribution in [3.63, 3.8) is 0 Å². The SMILES string of the molecule is C#CC(=O)O.C#CC(=O)O.C#CC(=O)O.CC1C2=C(CCC[CH-]2)C2=C1CCCC2.[Ti]. The number of hydrogen-bond acceptors (Lipinski definition) is 3. The standard InChI is InChI=1S/C14H19.3C3H2O2.Ti/c1-10-11-6-2-4-8-13(11)14-9-5-3-7-12(10)14;3*1-2-3(4)5;/h6,10H,2-5,7-9H2,1H3;3*1H,(H,4,5);/q-1;;;;. The van der Waals surface area contributed by atoms with Crippen molar-refractivity contribution in [2.75, 3.05) is 0 Å². The summed E-state index contributed by atoms with van der Waals surface area (Å²) < 4.78 is 0. The van der Waals surface area contributed by atoms with Crippen LogP contribution in [-0.4, -0.2) is 33.2 Å². The van der Waals surface area contributed by atoms with Gasteiger partial charge in [0, 0.05) is 39.5 Å². The molecule has 0 amide bonds. The molecule has 0 aromatic carbocycles. The molecular weight excluding hydrogens is 420 g/mol. The van der Waals surface area contributed by atoms with Crippen LogP contribution in [0.3, 0.4) is 0 Å². The van der Waals surface area contributed by atoms with E-state index in [4.69, 9.17) is 29.7 Å². The molecule has 0 aromatic rings. The zero-order valence-corrected chi connectivity index (χ0v) is 18.5. The van der Waals surface area contributed by atoms with E-state index in [2.05, 4.69) is 32.6 Å². The maximum atomic E-state index is 9.13. The molecule has 3 aliphatic rings. The number of terminal acetylenes is 3. The van der Waals surface area contributed by atoms with Gasteiger partial charge in [0.1, 0.15) is 0 Å². The Hall–Kier alpha value is -2.85. The molecule has 7 heteroatoms. The fourth-order valence-corrected chi connectivity index (χ4v) is 3.51. The third-order valence-electron chi connectivity index (χ3n) is 4.58. The van der Waals surface area contributed by atoms with E-state index in [9.17, 15) is 0 Å². The van der Waals surface area contributed by atoms with E-state index in [0.717, 1.165) is 5.92 Å². The Labute approximate surface area is 192 Å². The predicted molar refractivity (Wildman–Crippen MR) is 109 cm³/mol. The Bertz CT molecular complexity index is 725. The van der Waals surface area contributed by atoms with Crippen molar-refractivity contribution >= 4 is 17.9 Å². The fraction of sp³-hybridized carbons (Fsp3) is 0.391. The average Bonchev–Trinajstić information content (AvgIpc) is 3.02. The number of carbonyl (C=O) groups is 3. The third kappa shape index (κ3) is 10.6. The van der Waals surface area contributed by atoms with Crippen LogP contribution in [0, 0.1) is 49.4 Å². The quantitative estimate of drug-likeness (QED) is 0.300. The van der Waals surface area contributed by atoms with Crippen LogP contribution in [-0.2, 0) is 36.1 Å². The zero-order valence-electron chi connectivity index (χ0n) is 16.9. The van der Waals surface area contributed by atoms with Crippen LogP contribution >= 0.6 is 0 Å². The molecule has 158 valence electrons. The van der Waals surface area contributed by atoms with Gasteiger partial charge >= 0.3 is 17.9 Å². The molecule has 0 spiro atoms. The molecule has 0 radical (unpaired) electrons. The minimum Gasteiger partial charge on any atom is -0.472 e. The Morgan fingerprint density at radius 3 is 1.67 bits per heavy atom. The van der Waals surface area contributed by atoms with Gasteiger partial charge in [-0.25, -0.2) is 26.4 Å². The van der Waals surface area contributed by atoms with Crippen molar-refractivity contribution in [2.45, 2.75) is 51.9 Å². The Balaban J connectivity index is 0. The summed E-state index contributed by atoms with van der Waals surface area (Å²) in [6.45, 7) is 2.42. The van der Waals surface area contributed by atoms with Crippen LogP contribution in [0.4, 0.5) is 0 Å². The number of hydrogen-bond donors (Lipinski definition) is 3. The molecule has 3 rings (SSSR count). The average molecular weight is 445 g/mol. The molecule has 0 heterocycles. The van der Waals surface area contributed by atoms with E-state index in [1.807, 2.05) is 0 Å². The maximum absolute atomic E-state index is 9.13. The van der Waals surface area contributed by atoms with Crippen LogP contribution in [0.15, 0.2) is 22.3 Å². The second-order valence-electron chi connectivity index (χ2n) is 6.31. The molecular formula is C23H25O6Ti-. The molecule has 0 aromatic heterocycles. The molecule has 3 aliphatic carbocycles. The number of carboxylic acid groups (broad SMARTS) is 3. The van der Waals surface area contributed by atoms with Crippen LogP contribution in [0.25, 0.3) is 0 Å². The molecule has 3 N–H and O–H groups in total. The van der Waals surface area contributed by atoms with E-state index in [-0.39, 0.29) is 21.7 Å². The Morgan fingerprint density at radius 2 is 1.23 bits per heavy atom. The smallest absolute Gasteiger partial charge is 0.381 e. The third-order valence-corrected chi connectivity index (χ3v) is 4.58. The number of carboxylic acids is 3. The molecule has 6 nitrogen and oxygen atoms in total. The van der Waals surface area contributed by atoms with Crippen molar-refractivity contribution in [1.29, 1.82) is 0 Å². The summed E-state index contributed by atoms with van der Waals surface area (Å²) in [6.07, 6.45) is 25.2. The zero-order chi connectivity index (χ0) is 22.4. The van der Waals surface area contributed by atoms with Gasteiger partial charge in [0.25, 0.3) is 0 Å². The van der Waals surface area contributed by atoms with E-state index < -0.39 is 17.9 Å². The van der Waals surface area contributed by atoms with Crippen LogP contribution < -0.4 is 0 Å².